The van der Waals surface area contributed by atoms with Crippen molar-refractivity contribution in [1.82, 2.24) is 19.1 Å². The highest BCUT2D eigenvalue weighted by Gasteiger charge is 2.17. The van der Waals surface area contributed by atoms with E-state index in [9.17, 15) is 9.59 Å². The summed E-state index contributed by atoms with van der Waals surface area (Å²) in [5.74, 6) is 1.32. The van der Waals surface area contributed by atoms with Gasteiger partial charge in [-0.1, -0.05) is 19.1 Å². The summed E-state index contributed by atoms with van der Waals surface area (Å²) in [5, 5.41) is 0. The number of fused-ring (bicyclic) bond motifs is 1. The van der Waals surface area contributed by atoms with E-state index < -0.39 is 0 Å². The molecule has 3 aromatic heterocycles. The molecule has 0 aliphatic heterocycles. The van der Waals surface area contributed by atoms with Gasteiger partial charge in [0.25, 0.3) is 5.56 Å². The number of aromatic nitrogens is 4. The number of furan rings is 1. The number of nitrogen functional groups attached to an aromatic ring is 1. The number of anilines is 1. The molecule has 3 N–H and O–H groups in total. The Labute approximate surface area is 166 Å². The zero-order chi connectivity index (χ0) is 20.4. The molecule has 150 valence electrons. The first kappa shape index (κ1) is 18.8. The molecule has 0 fully saturated rings. The van der Waals surface area contributed by atoms with Gasteiger partial charge in [-0.25, -0.2) is 9.78 Å². The van der Waals surface area contributed by atoms with E-state index in [4.69, 9.17) is 10.2 Å². The number of imidazole rings is 1. The Morgan fingerprint density at radius 2 is 1.90 bits per heavy atom. The van der Waals surface area contributed by atoms with E-state index in [1.165, 1.54) is 4.57 Å². The minimum atomic E-state index is -0.339. The average Bonchev–Trinajstić information content (AvgIpc) is 3.37. The van der Waals surface area contributed by atoms with Gasteiger partial charge in [-0.2, -0.15) is 0 Å². The molecule has 0 aliphatic carbocycles. The monoisotopic (exact) mass is 393 g/mol. The third-order valence-electron chi connectivity index (χ3n) is 4.88. The molecule has 0 unspecified atom stereocenters. The topological polar surface area (TPSA) is 112 Å². The Morgan fingerprint density at radius 3 is 2.59 bits per heavy atom. The van der Waals surface area contributed by atoms with Crippen molar-refractivity contribution in [2.24, 2.45) is 0 Å². The smallest absolute Gasteiger partial charge is 0.332 e. The van der Waals surface area contributed by atoms with Crippen LogP contribution in [0.2, 0.25) is 0 Å². The third-order valence-corrected chi connectivity index (χ3v) is 4.88. The van der Waals surface area contributed by atoms with Crippen LogP contribution in [0.5, 0.6) is 0 Å². The molecule has 0 radical (unpaired) electrons. The van der Waals surface area contributed by atoms with Crippen LogP contribution in [0, 0.1) is 0 Å². The van der Waals surface area contributed by atoms with Crippen LogP contribution in [-0.4, -0.2) is 19.1 Å². The summed E-state index contributed by atoms with van der Waals surface area (Å²) in [6.45, 7) is 2.71. The van der Waals surface area contributed by atoms with E-state index in [2.05, 4.69) is 9.97 Å². The molecule has 8 nitrogen and oxygen atoms in total. The van der Waals surface area contributed by atoms with Crippen LogP contribution < -0.4 is 17.0 Å². The van der Waals surface area contributed by atoms with E-state index in [0.717, 1.165) is 11.3 Å². The number of benzene rings is 1. The second kappa shape index (κ2) is 7.83. The number of hydrogen-bond donors (Lipinski definition) is 2. The number of H-pyrrole nitrogens is 1. The lowest BCUT2D eigenvalue weighted by atomic mass is 10.1. The third kappa shape index (κ3) is 3.73. The predicted molar refractivity (Wildman–Crippen MR) is 111 cm³/mol. The molecule has 0 aliphatic rings. The summed E-state index contributed by atoms with van der Waals surface area (Å²) < 4.78 is 8.23. The van der Waals surface area contributed by atoms with Crippen LogP contribution in [0.15, 0.2) is 56.7 Å². The number of aryl methyl sites for hydroxylation is 2. The van der Waals surface area contributed by atoms with Crippen molar-refractivity contribution in [3.8, 4) is 0 Å². The Balaban J connectivity index is 1.77. The molecular formula is C21H23N5O3. The first-order valence-electron chi connectivity index (χ1n) is 9.66. The number of aromatic amines is 1. The summed E-state index contributed by atoms with van der Waals surface area (Å²) in [4.78, 5) is 33.5. The van der Waals surface area contributed by atoms with Crippen molar-refractivity contribution < 1.29 is 4.42 Å². The van der Waals surface area contributed by atoms with E-state index in [-0.39, 0.29) is 11.2 Å². The SMILES string of the molecule is CCCn1c(=O)c2[nH]c(Cc3ccco3)nc2n(CCc2ccc(N)cc2)c1=O. The predicted octanol–water partition coefficient (Wildman–Crippen LogP) is 2.31. The van der Waals surface area contributed by atoms with E-state index in [1.807, 2.05) is 37.3 Å². The molecule has 0 saturated carbocycles. The largest absolute Gasteiger partial charge is 0.469 e. The summed E-state index contributed by atoms with van der Waals surface area (Å²) in [6, 6.07) is 11.2. The number of nitrogens with zero attached hydrogens (tertiary/aromatic N) is 3. The number of hydrogen-bond acceptors (Lipinski definition) is 5. The van der Waals surface area contributed by atoms with Crippen molar-refractivity contribution in [2.45, 2.75) is 39.3 Å². The highest BCUT2D eigenvalue weighted by atomic mass is 16.3. The molecule has 4 rings (SSSR count). The van der Waals surface area contributed by atoms with Crippen molar-refractivity contribution in [3.63, 3.8) is 0 Å². The molecule has 0 bridgehead atoms. The summed E-state index contributed by atoms with van der Waals surface area (Å²) in [6.07, 6.45) is 3.32. The van der Waals surface area contributed by atoms with Crippen LogP contribution in [0.3, 0.4) is 0 Å². The zero-order valence-electron chi connectivity index (χ0n) is 16.2. The average molecular weight is 393 g/mol. The Bertz CT molecular complexity index is 1230. The van der Waals surface area contributed by atoms with Gasteiger partial charge in [-0.3, -0.25) is 13.9 Å². The molecule has 4 aromatic rings. The molecule has 0 saturated heterocycles. The molecule has 0 spiro atoms. The van der Waals surface area contributed by atoms with Crippen molar-refractivity contribution in [3.05, 3.63) is 80.6 Å². The first-order valence-corrected chi connectivity index (χ1v) is 9.66. The van der Waals surface area contributed by atoms with Crippen molar-refractivity contribution >= 4 is 16.9 Å². The van der Waals surface area contributed by atoms with Gasteiger partial charge >= 0.3 is 5.69 Å². The lowest BCUT2D eigenvalue weighted by molar-refractivity contribution is 0.517. The van der Waals surface area contributed by atoms with Gasteiger partial charge in [0.2, 0.25) is 0 Å². The summed E-state index contributed by atoms with van der Waals surface area (Å²) in [7, 11) is 0. The molecule has 8 heteroatoms. The van der Waals surface area contributed by atoms with Crippen LogP contribution >= 0.6 is 0 Å². The zero-order valence-corrected chi connectivity index (χ0v) is 16.2. The van der Waals surface area contributed by atoms with E-state index >= 15 is 0 Å². The molecule has 0 amide bonds. The van der Waals surface area contributed by atoms with Gasteiger partial charge in [0, 0.05) is 18.8 Å². The second-order valence-electron chi connectivity index (χ2n) is 7.02. The molecular weight excluding hydrogens is 370 g/mol. The normalized spacial score (nSPS) is 11.3. The van der Waals surface area contributed by atoms with E-state index in [0.29, 0.717) is 55.0 Å². The van der Waals surface area contributed by atoms with Gasteiger partial charge < -0.3 is 15.1 Å². The molecule has 3 heterocycles. The highest BCUT2D eigenvalue weighted by molar-refractivity contribution is 5.70. The van der Waals surface area contributed by atoms with Gasteiger partial charge in [0.1, 0.15) is 17.1 Å². The maximum Gasteiger partial charge on any atom is 0.332 e. The minimum absolute atomic E-state index is 0.337. The molecule has 1 aromatic carbocycles. The van der Waals surface area contributed by atoms with Crippen molar-refractivity contribution in [2.75, 3.05) is 5.73 Å². The second-order valence-corrected chi connectivity index (χ2v) is 7.02. The fourth-order valence-electron chi connectivity index (χ4n) is 3.42. The van der Waals surface area contributed by atoms with Gasteiger partial charge in [-0.15, -0.1) is 0 Å². The highest BCUT2D eigenvalue weighted by Crippen LogP contribution is 2.13. The maximum atomic E-state index is 13.0. The number of nitrogens with two attached hydrogens (primary N) is 1. The lowest BCUT2D eigenvalue weighted by Gasteiger charge is -2.11. The fourth-order valence-corrected chi connectivity index (χ4v) is 3.42. The van der Waals surface area contributed by atoms with Gasteiger partial charge in [0.05, 0.1) is 12.7 Å². The fraction of sp³-hybridized carbons (Fsp3) is 0.286. The van der Waals surface area contributed by atoms with E-state index in [1.54, 1.807) is 16.9 Å². The van der Waals surface area contributed by atoms with Crippen LogP contribution in [-0.2, 0) is 25.9 Å². The van der Waals surface area contributed by atoms with Crippen LogP contribution in [0.1, 0.15) is 30.5 Å². The van der Waals surface area contributed by atoms with Crippen LogP contribution in [0.4, 0.5) is 5.69 Å². The first-order chi connectivity index (χ1) is 14.1. The summed E-state index contributed by atoms with van der Waals surface area (Å²) >= 11 is 0. The van der Waals surface area contributed by atoms with Gasteiger partial charge in [-0.05, 0) is 42.7 Å². The van der Waals surface area contributed by atoms with Crippen molar-refractivity contribution in [1.29, 1.82) is 0 Å². The summed E-state index contributed by atoms with van der Waals surface area (Å²) in [5.41, 5.74) is 7.54. The maximum absolute atomic E-state index is 13.0. The number of rotatable bonds is 7. The standard InChI is InChI=1S/C21H23N5O3/c1-2-10-26-20(27)18-19(24-17(23-18)13-16-4-3-12-29-16)25(21(26)28)11-9-14-5-7-15(22)8-6-14/h3-8,12H,2,9-11,13,22H2,1H3,(H,23,24). The van der Waals surface area contributed by atoms with Gasteiger partial charge in [0.15, 0.2) is 5.65 Å². The Hall–Kier alpha value is -3.55. The Kier molecular flexibility index (Phi) is 5.07. The quantitative estimate of drug-likeness (QED) is 0.468. The number of nitrogens with one attached hydrogen (secondary N) is 1. The molecule has 0 atom stereocenters. The lowest BCUT2D eigenvalue weighted by Crippen LogP contribution is -2.40. The molecule has 29 heavy (non-hydrogen) atoms. The minimum Gasteiger partial charge on any atom is -0.469 e. The Morgan fingerprint density at radius 1 is 1.10 bits per heavy atom. The van der Waals surface area contributed by atoms with Crippen LogP contribution in [0.25, 0.3) is 11.2 Å².